The van der Waals surface area contributed by atoms with Crippen molar-refractivity contribution < 1.29 is 0 Å². The van der Waals surface area contributed by atoms with Crippen LogP contribution < -0.4 is 10.6 Å². The zero-order valence-corrected chi connectivity index (χ0v) is 14.3. The van der Waals surface area contributed by atoms with Crippen LogP contribution in [0.15, 0.2) is 22.7 Å². The predicted molar refractivity (Wildman–Crippen MR) is 92.6 cm³/mol. The zero-order valence-electron chi connectivity index (χ0n) is 12.7. The molecule has 3 rings (SSSR count). The first-order valence-electron chi connectivity index (χ1n) is 8.22. The van der Waals surface area contributed by atoms with Gasteiger partial charge in [0.2, 0.25) is 0 Å². The molecule has 0 aliphatic carbocycles. The fraction of sp³-hybridized carbons (Fsp3) is 0.647. The molecule has 2 aliphatic heterocycles. The van der Waals surface area contributed by atoms with Gasteiger partial charge in [0, 0.05) is 30.7 Å². The van der Waals surface area contributed by atoms with Gasteiger partial charge in [-0.1, -0.05) is 6.07 Å². The molecular weight excluding hydrogens is 326 g/mol. The first-order valence-corrected chi connectivity index (χ1v) is 9.01. The summed E-state index contributed by atoms with van der Waals surface area (Å²) in [7, 11) is 0. The third-order valence-corrected chi connectivity index (χ3v) is 5.55. The fourth-order valence-corrected chi connectivity index (χ4v) is 4.30. The van der Waals surface area contributed by atoms with Crippen molar-refractivity contribution in [3.8, 4) is 0 Å². The Balaban J connectivity index is 1.55. The van der Waals surface area contributed by atoms with Gasteiger partial charge in [-0.3, -0.25) is 0 Å². The normalized spacial score (nSPS) is 21.1. The molecule has 0 atom stereocenters. The smallest absolute Gasteiger partial charge is 0.0510 e. The lowest BCUT2D eigenvalue weighted by Gasteiger charge is -2.35. The van der Waals surface area contributed by atoms with Gasteiger partial charge in [-0.15, -0.1) is 0 Å². The maximum Gasteiger partial charge on any atom is 0.0510 e. The zero-order chi connectivity index (χ0) is 14.7. The third-order valence-electron chi connectivity index (χ3n) is 4.92. The lowest BCUT2D eigenvalue weighted by Crippen LogP contribution is -2.38. The van der Waals surface area contributed by atoms with Gasteiger partial charge in [0.1, 0.15) is 0 Å². The molecule has 0 bridgehead atoms. The van der Waals surface area contributed by atoms with E-state index in [-0.39, 0.29) is 0 Å². The highest BCUT2D eigenvalue weighted by Crippen LogP contribution is 2.31. The van der Waals surface area contributed by atoms with Gasteiger partial charge in [0.15, 0.2) is 0 Å². The molecule has 2 heterocycles. The molecule has 2 saturated heterocycles. The summed E-state index contributed by atoms with van der Waals surface area (Å²) in [5.74, 6) is 0.890. The molecule has 0 spiro atoms. The summed E-state index contributed by atoms with van der Waals surface area (Å²) in [6.07, 6.45) is 5.45. The number of anilines is 1. The lowest BCUT2D eigenvalue weighted by atomic mass is 9.96. The van der Waals surface area contributed by atoms with Crippen LogP contribution in [0.4, 0.5) is 5.69 Å². The predicted octanol–water partition coefficient (Wildman–Crippen LogP) is 3.22. The Morgan fingerprint density at radius 2 is 1.81 bits per heavy atom. The summed E-state index contributed by atoms with van der Waals surface area (Å²) in [4.78, 5) is 5.18. The second-order valence-corrected chi connectivity index (χ2v) is 7.28. The maximum atomic E-state index is 5.70. The number of hydrogen-bond donors (Lipinski definition) is 1. The molecule has 1 aromatic carbocycles. The highest BCUT2D eigenvalue weighted by molar-refractivity contribution is 9.10. The van der Waals surface area contributed by atoms with Crippen molar-refractivity contribution in [3.63, 3.8) is 0 Å². The first kappa shape index (κ1) is 15.3. The van der Waals surface area contributed by atoms with Gasteiger partial charge in [-0.25, -0.2) is 0 Å². The standard InChI is InChI=1S/C17H26BrN3/c18-16-11-15(12-19)3-4-17(16)21-9-5-14(6-10-21)13-20-7-1-2-8-20/h3-4,11,14H,1-2,5-10,12-13,19H2. The molecule has 21 heavy (non-hydrogen) atoms. The quantitative estimate of drug-likeness (QED) is 0.903. The van der Waals surface area contributed by atoms with Crippen molar-refractivity contribution in [3.05, 3.63) is 28.2 Å². The van der Waals surface area contributed by atoms with E-state index >= 15 is 0 Å². The van der Waals surface area contributed by atoms with Gasteiger partial charge in [-0.2, -0.15) is 0 Å². The number of nitrogens with zero attached hydrogens (tertiary/aromatic N) is 2. The highest BCUT2D eigenvalue weighted by atomic mass is 79.9. The number of piperidine rings is 1. The molecule has 2 N–H and O–H groups in total. The number of benzene rings is 1. The number of rotatable bonds is 4. The van der Waals surface area contributed by atoms with Crippen LogP contribution in [-0.4, -0.2) is 37.6 Å². The summed E-state index contributed by atoms with van der Waals surface area (Å²) in [5.41, 5.74) is 8.22. The molecule has 4 heteroatoms. The summed E-state index contributed by atoms with van der Waals surface area (Å²) >= 11 is 3.70. The summed E-state index contributed by atoms with van der Waals surface area (Å²) < 4.78 is 1.18. The van der Waals surface area contributed by atoms with Crippen molar-refractivity contribution in [2.75, 3.05) is 37.6 Å². The van der Waals surface area contributed by atoms with Crippen LogP contribution in [0.5, 0.6) is 0 Å². The van der Waals surface area contributed by atoms with E-state index in [1.165, 1.54) is 74.1 Å². The Kier molecular flexibility index (Phi) is 5.19. The summed E-state index contributed by atoms with van der Waals surface area (Å²) in [6.45, 7) is 6.94. The van der Waals surface area contributed by atoms with E-state index in [0.29, 0.717) is 6.54 Å². The van der Waals surface area contributed by atoms with E-state index in [2.05, 4.69) is 43.9 Å². The van der Waals surface area contributed by atoms with Gasteiger partial charge in [-0.05, 0) is 78.3 Å². The summed E-state index contributed by atoms with van der Waals surface area (Å²) in [6, 6.07) is 6.52. The van der Waals surface area contributed by atoms with E-state index in [1.807, 2.05) is 0 Å². The van der Waals surface area contributed by atoms with E-state index < -0.39 is 0 Å². The second kappa shape index (κ2) is 7.12. The minimum Gasteiger partial charge on any atom is -0.371 e. The molecule has 0 unspecified atom stereocenters. The van der Waals surface area contributed by atoms with Gasteiger partial charge in [0.05, 0.1) is 5.69 Å². The third kappa shape index (κ3) is 3.79. The Morgan fingerprint density at radius 3 is 2.43 bits per heavy atom. The molecule has 2 fully saturated rings. The van der Waals surface area contributed by atoms with Gasteiger partial charge < -0.3 is 15.5 Å². The monoisotopic (exact) mass is 351 g/mol. The van der Waals surface area contributed by atoms with Crippen LogP contribution in [0.3, 0.4) is 0 Å². The Labute approximate surface area is 136 Å². The van der Waals surface area contributed by atoms with Crippen LogP contribution >= 0.6 is 15.9 Å². The van der Waals surface area contributed by atoms with Crippen LogP contribution in [-0.2, 0) is 6.54 Å². The number of nitrogens with two attached hydrogens (primary N) is 1. The summed E-state index contributed by atoms with van der Waals surface area (Å²) in [5, 5.41) is 0. The molecule has 3 nitrogen and oxygen atoms in total. The SMILES string of the molecule is NCc1ccc(N2CCC(CN3CCCC3)CC2)c(Br)c1. The van der Waals surface area contributed by atoms with Crippen LogP contribution in [0.1, 0.15) is 31.2 Å². The molecular formula is C17H26BrN3. The molecule has 2 aliphatic rings. The van der Waals surface area contributed by atoms with Gasteiger partial charge >= 0.3 is 0 Å². The number of hydrogen-bond acceptors (Lipinski definition) is 3. The van der Waals surface area contributed by atoms with Gasteiger partial charge in [0.25, 0.3) is 0 Å². The second-order valence-electron chi connectivity index (χ2n) is 6.43. The average Bonchev–Trinajstić information content (AvgIpc) is 3.01. The largest absolute Gasteiger partial charge is 0.371 e. The van der Waals surface area contributed by atoms with E-state index in [4.69, 9.17) is 5.73 Å². The maximum absolute atomic E-state index is 5.70. The van der Waals surface area contributed by atoms with Crippen LogP contribution in [0, 0.1) is 5.92 Å². The van der Waals surface area contributed by atoms with Crippen molar-refractivity contribution in [2.24, 2.45) is 11.7 Å². The molecule has 0 saturated carbocycles. The van der Waals surface area contributed by atoms with Crippen molar-refractivity contribution in [1.82, 2.24) is 4.90 Å². The van der Waals surface area contributed by atoms with E-state index in [9.17, 15) is 0 Å². The van der Waals surface area contributed by atoms with E-state index in [1.54, 1.807) is 0 Å². The molecule has 0 radical (unpaired) electrons. The highest BCUT2D eigenvalue weighted by Gasteiger charge is 2.23. The Morgan fingerprint density at radius 1 is 1.10 bits per heavy atom. The van der Waals surface area contributed by atoms with Crippen molar-refractivity contribution in [1.29, 1.82) is 0 Å². The van der Waals surface area contributed by atoms with Crippen LogP contribution in [0.2, 0.25) is 0 Å². The topological polar surface area (TPSA) is 32.5 Å². The lowest BCUT2D eigenvalue weighted by molar-refractivity contribution is 0.249. The minimum atomic E-state index is 0.608. The first-order chi connectivity index (χ1) is 10.3. The fourth-order valence-electron chi connectivity index (χ4n) is 3.62. The Bertz CT molecular complexity index is 463. The molecule has 1 aromatic rings. The van der Waals surface area contributed by atoms with Crippen molar-refractivity contribution >= 4 is 21.6 Å². The van der Waals surface area contributed by atoms with E-state index in [0.717, 1.165) is 5.92 Å². The molecule has 0 amide bonds. The van der Waals surface area contributed by atoms with Crippen molar-refractivity contribution in [2.45, 2.75) is 32.2 Å². The molecule has 116 valence electrons. The number of halogens is 1. The average molecular weight is 352 g/mol. The van der Waals surface area contributed by atoms with Crippen LogP contribution in [0.25, 0.3) is 0 Å². The minimum absolute atomic E-state index is 0.608. The Hall–Kier alpha value is -0.580. The molecule has 0 aromatic heterocycles. The number of likely N-dealkylation sites (tertiary alicyclic amines) is 1.